The third kappa shape index (κ3) is 3.47. The van der Waals surface area contributed by atoms with Gasteiger partial charge in [-0.15, -0.1) is 0 Å². The van der Waals surface area contributed by atoms with Crippen LogP contribution in [-0.2, 0) is 19.1 Å². The van der Waals surface area contributed by atoms with Crippen LogP contribution in [0.4, 0.5) is 13.2 Å². The topological polar surface area (TPSA) is 52.6 Å². The highest BCUT2D eigenvalue weighted by Gasteiger charge is 2.42. The summed E-state index contributed by atoms with van der Waals surface area (Å²) in [5.41, 5.74) is -2.85. The molecular formula is C10H11F3O4. The van der Waals surface area contributed by atoms with Gasteiger partial charge < -0.3 is 9.47 Å². The van der Waals surface area contributed by atoms with E-state index in [1.165, 1.54) is 6.92 Å². The lowest BCUT2D eigenvalue weighted by atomic mass is 9.96. The van der Waals surface area contributed by atoms with Crippen molar-refractivity contribution in [3.8, 4) is 0 Å². The van der Waals surface area contributed by atoms with Gasteiger partial charge in [-0.05, 0) is 6.92 Å². The largest absolute Gasteiger partial charge is 0.465 e. The SMILES string of the molecule is C=C(C(=O)OC1(C)CCOC(=O)C1)C(F)(F)F. The Morgan fingerprint density at radius 3 is 2.59 bits per heavy atom. The van der Waals surface area contributed by atoms with E-state index in [4.69, 9.17) is 0 Å². The van der Waals surface area contributed by atoms with E-state index in [1.54, 1.807) is 0 Å². The maximum atomic E-state index is 12.2. The van der Waals surface area contributed by atoms with Gasteiger partial charge in [0.25, 0.3) is 0 Å². The van der Waals surface area contributed by atoms with Crippen LogP contribution in [0, 0.1) is 0 Å². The van der Waals surface area contributed by atoms with Crippen molar-refractivity contribution in [2.45, 2.75) is 31.5 Å². The third-order valence-electron chi connectivity index (χ3n) is 2.34. The van der Waals surface area contributed by atoms with Gasteiger partial charge in [0.1, 0.15) is 11.2 Å². The number of carbonyl (C=O) groups is 2. The molecule has 96 valence electrons. The lowest BCUT2D eigenvalue weighted by Crippen LogP contribution is -2.41. The monoisotopic (exact) mass is 252 g/mol. The van der Waals surface area contributed by atoms with Gasteiger partial charge in [0.15, 0.2) is 0 Å². The maximum absolute atomic E-state index is 12.2. The number of ether oxygens (including phenoxy) is 2. The molecule has 0 bridgehead atoms. The number of esters is 2. The van der Waals surface area contributed by atoms with Crippen molar-refractivity contribution in [3.05, 3.63) is 12.2 Å². The van der Waals surface area contributed by atoms with E-state index in [0.717, 1.165) is 0 Å². The van der Waals surface area contributed by atoms with Gasteiger partial charge in [0.05, 0.1) is 13.0 Å². The minimum atomic E-state index is -4.83. The molecule has 0 aliphatic carbocycles. The lowest BCUT2D eigenvalue weighted by Gasteiger charge is -2.32. The average Bonchev–Trinajstić information content (AvgIpc) is 2.13. The molecule has 1 heterocycles. The first kappa shape index (κ1) is 13.5. The number of hydrogen-bond acceptors (Lipinski definition) is 4. The summed E-state index contributed by atoms with van der Waals surface area (Å²) in [4.78, 5) is 22.1. The van der Waals surface area contributed by atoms with E-state index >= 15 is 0 Å². The second-order valence-corrected chi connectivity index (χ2v) is 3.96. The Hall–Kier alpha value is -1.53. The number of carbonyl (C=O) groups excluding carboxylic acids is 2. The molecule has 17 heavy (non-hydrogen) atoms. The van der Waals surface area contributed by atoms with Crippen LogP contribution in [0.15, 0.2) is 12.2 Å². The summed E-state index contributed by atoms with van der Waals surface area (Å²) in [5, 5.41) is 0. The van der Waals surface area contributed by atoms with Crippen LogP contribution in [0.25, 0.3) is 0 Å². The normalized spacial score (nSPS) is 25.1. The van der Waals surface area contributed by atoms with Gasteiger partial charge in [-0.1, -0.05) is 6.58 Å². The van der Waals surface area contributed by atoms with Gasteiger partial charge in [-0.3, -0.25) is 4.79 Å². The number of halogens is 3. The number of cyclic esters (lactones) is 1. The molecule has 0 aromatic heterocycles. The molecule has 0 radical (unpaired) electrons. The molecule has 1 atom stereocenters. The highest BCUT2D eigenvalue weighted by molar-refractivity contribution is 5.89. The van der Waals surface area contributed by atoms with Crippen molar-refractivity contribution in [2.24, 2.45) is 0 Å². The summed E-state index contributed by atoms with van der Waals surface area (Å²) in [6, 6.07) is 0. The Labute approximate surface area is 95.4 Å². The molecular weight excluding hydrogens is 241 g/mol. The first-order valence-corrected chi connectivity index (χ1v) is 4.79. The molecule has 0 N–H and O–H groups in total. The standard InChI is InChI=1S/C10H11F3O4/c1-6(10(11,12)13)8(15)17-9(2)3-4-16-7(14)5-9/h1,3-5H2,2H3. The Balaban J connectivity index is 2.68. The molecule has 1 fully saturated rings. The average molecular weight is 252 g/mol. The van der Waals surface area contributed by atoms with Crippen LogP contribution in [0.1, 0.15) is 19.8 Å². The fourth-order valence-electron chi connectivity index (χ4n) is 1.31. The summed E-state index contributed by atoms with van der Waals surface area (Å²) >= 11 is 0. The first-order valence-electron chi connectivity index (χ1n) is 4.79. The molecule has 1 saturated heterocycles. The zero-order chi connectivity index (χ0) is 13.3. The van der Waals surface area contributed by atoms with Crippen LogP contribution in [-0.4, -0.2) is 30.3 Å². The van der Waals surface area contributed by atoms with Crippen LogP contribution in [0.5, 0.6) is 0 Å². The molecule has 1 aliphatic heterocycles. The van der Waals surface area contributed by atoms with E-state index in [9.17, 15) is 22.8 Å². The smallest absolute Gasteiger partial charge is 0.422 e. The van der Waals surface area contributed by atoms with Crippen molar-refractivity contribution >= 4 is 11.9 Å². The minimum absolute atomic E-state index is 0.0150. The Morgan fingerprint density at radius 1 is 1.53 bits per heavy atom. The fourth-order valence-corrected chi connectivity index (χ4v) is 1.31. The molecule has 4 nitrogen and oxygen atoms in total. The van der Waals surface area contributed by atoms with Crippen molar-refractivity contribution in [2.75, 3.05) is 6.61 Å². The second kappa shape index (κ2) is 4.38. The van der Waals surface area contributed by atoms with E-state index in [2.05, 4.69) is 16.1 Å². The molecule has 0 aromatic carbocycles. The number of alkyl halides is 3. The Bertz CT molecular complexity index is 361. The minimum Gasteiger partial charge on any atom is -0.465 e. The zero-order valence-electron chi connectivity index (χ0n) is 9.10. The zero-order valence-corrected chi connectivity index (χ0v) is 9.10. The van der Waals surface area contributed by atoms with Crippen LogP contribution < -0.4 is 0 Å². The Morgan fingerprint density at radius 2 is 2.12 bits per heavy atom. The van der Waals surface area contributed by atoms with Gasteiger partial charge in [-0.2, -0.15) is 13.2 Å². The van der Waals surface area contributed by atoms with Crippen molar-refractivity contribution in [1.29, 1.82) is 0 Å². The molecule has 0 amide bonds. The second-order valence-electron chi connectivity index (χ2n) is 3.96. The molecule has 0 spiro atoms. The molecule has 0 aromatic rings. The molecule has 7 heteroatoms. The molecule has 1 unspecified atom stereocenters. The maximum Gasteiger partial charge on any atom is 0.422 e. The fraction of sp³-hybridized carbons (Fsp3) is 0.600. The van der Waals surface area contributed by atoms with Crippen molar-refractivity contribution < 1.29 is 32.2 Å². The lowest BCUT2D eigenvalue weighted by molar-refractivity contribution is -0.177. The van der Waals surface area contributed by atoms with Gasteiger partial charge in [0, 0.05) is 6.42 Å². The summed E-state index contributed by atoms with van der Waals surface area (Å²) < 4.78 is 45.8. The summed E-state index contributed by atoms with van der Waals surface area (Å²) in [6.07, 6.45) is -4.93. The highest BCUT2D eigenvalue weighted by Crippen LogP contribution is 2.30. The van der Waals surface area contributed by atoms with Crippen LogP contribution >= 0.6 is 0 Å². The highest BCUT2D eigenvalue weighted by atomic mass is 19.4. The molecule has 1 aliphatic rings. The van der Waals surface area contributed by atoms with Gasteiger partial charge in [-0.25, -0.2) is 4.79 Å². The van der Waals surface area contributed by atoms with Crippen LogP contribution in [0.3, 0.4) is 0 Å². The predicted octanol–water partition coefficient (Wildman–Crippen LogP) is 1.74. The van der Waals surface area contributed by atoms with Crippen molar-refractivity contribution in [3.63, 3.8) is 0 Å². The molecule has 1 rings (SSSR count). The van der Waals surface area contributed by atoms with E-state index in [1.807, 2.05) is 0 Å². The predicted molar refractivity (Wildman–Crippen MR) is 49.9 cm³/mol. The summed E-state index contributed by atoms with van der Waals surface area (Å²) in [5.74, 6) is -2.17. The Kier molecular flexibility index (Phi) is 3.49. The van der Waals surface area contributed by atoms with E-state index < -0.39 is 29.3 Å². The first-order chi connectivity index (χ1) is 7.64. The molecule has 0 saturated carbocycles. The van der Waals surface area contributed by atoms with Gasteiger partial charge >= 0.3 is 18.1 Å². The van der Waals surface area contributed by atoms with E-state index in [0.29, 0.717) is 0 Å². The van der Waals surface area contributed by atoms with Gasteiger partial charge in [0.2, 0.25) is 0 Å². The van der Waals surface area contributed by atoms with Crippen LogP contribution in [0.2, 0.25) is 0 Å². The van der Waals surface area contributed by atoms with Crippen molar-refractivity contribution in [1.82, 2.24) is 0 Å². The third-order valence-corrected chi connectivity index (χ3v) is 2.34. The number of rotatable bonds is 2. The quantitative estimate of drug-likeness (QED) is 0.555. The van der Waals surface area contributed by atoms with E-state index in [-0.39, 0.29) is 19.4 Å². The summed E-state index contributed by atoms with van der Waals surface area (Å²) in [6.45, 7) is 4.02. The summed E-state index contributed by atoms with van der Waals surface area (Å²) in [7, 11) is 0. The number of hydrogen-bond donors (Lipinski definition) is 0.